The van der Waals surface area contributed by atoms with E-state index in [-0.39, 0.29) is 30.2 Å². The van der Waals surface area contributed by atoms with Gasteiger partial charge in [-0.05, 0) is 56.4 Å². The molecule has 1 aromatic carbocycles. The minimum absolute atomic E-state index is 0.0226. The number of hydrogen-bond acceptors (Lipinski definition) is 4. The standard InChI is InChI=1S/C22H36N4O4/c1-7-10-23-22(28)26-11-9-15-12-18(29-5)19(30-6)13-16(15)20(26)17(8-2)25-21(27)24-14(3)4/h12-14,17,20H,7-11H2,1-6H3,(H,23,28)(H2,24,25,27)/t17-,20-/m0/s1. The fourth-order valence-electron chi connectivity index (χ4n) is 3.85. The lowest BCUT2D eigenvalue weighted by Gasteiger charge is -2.42. The van der Waals surface area contributed by atoms with Crippen molar-refractivity contribution in [3.63, 3.8) is 0 Å². The zero-order valence-corrected chi connectivity index (χ0v) is 19.0. The van der Waals surface area contributed by atoms with Crippen molar-refractivity contribution in [2.45, 2.75) is 65.1 Å². The van der Waals surface area contributed by atoms with Crippen LogP contribution in [-0.4, -0.2) is 56.4 Å². The van der Waals surface area contributed by atoms with Crippen LogP contribution in [0, 0.1) is 0 Å². The largest absolute Gasteiger partial charge is 0.493 e. The van der Waals surface area contributed by atoms with E-state index in [0.29, 0.717) is 37.4 Å². The second kappa shape index (κ2) is 10.9. The average Bonchev–Trinajstić information content (AvgIpc) is 2.73. The molecule has 4 amide bonds. The van der Waals surface area contributed by atoms with Gasteiger partial charge in [-0.1, -0.05) is 13.8 Å². The molecule has 1 aromatic rings. The Morgan fingerprint density at radius 1 is 1.13 bits per heavy atom. The van der Waals surface area contributed by atoms with Crippen LogP contribution in [0.25, 0.3) is 0 Å². The third kappa shape index (κ3) is 5.49. The molecular formula is C22H36N4O4. The molecule has 0 saturated carbocycles. The van der Waals surface area contributed by atoms with Gasteiger partial charge in [0.25, 0.3) is 0 Å². The highest BCUT2D eigenvalue weighted by Gasteiger charge is 2.37. The summed E-state index contributed by atoms with van der Waals surface area (Å²) in [6, 6.07) is 3.01. The van der Waals surface area contributed by atoms with Crippen LogP contribution >= 0.6 is 0 Å². The van der Waals surface area contributed by atoms with E-state index in [0.717, 1.165) is 17.5 Å². The van der Waals surface area contributed by atoms with Crippen LogP contribution in [0.5, 0.6) is 11.5 Å². The van der Waals surface area contributed by atoms with Gasteiger partial charge in [-0.3, -0.25) is 0 Å². The van der Waals surface area contributed by atoms with Crippen molar-refractivity contribution in [2.24, 2.45) is 0 Å². The molecular weight excluding hydrogens is 384 g/mol. The lowest BCUT2D eigenvalue weighted by atomic mass is 9.86. The Morgan fingerprint density at radius 2 is 1.80 bits per heavy atom. The predicted octanol–water partition coefficient (Wildman–Crippen LogP) is 3.21. The maximum absolute atomic E-state index is 13.0. The average molecular weight is 421 g/mol. The van der Waals surface area contributed by atoms with E-state index < -0.39 is 0 Å². The summed E-state index contributed by atoms with van der Waals surface area (Å²) in [5, 5.41) is 8.93. The molecule has 0 fully saturated rings. The molecule has 8 heteroatoms. The Hall–Kier alpha value is -2.64. The van der Waals surface area contributed by atoms with Crippen LogP contribution in [0.1, 0.15) is 57.7 Å². The van der Waals surface area contributed by atoms with Crippen LogP contribution in [-0.2, 0) is 6.42 Å². The zero-order chi connectivity index (χ0) is 22.3. The van der Waals surface area contributed by atoms with Crippen LogP contribution in [0.4, 0.5) is 9.59 Å². The predicted molar refractivity (Wildman–Crippen MR) is 117 cm³/mol. The third-order valence-corrected chi connectivity index (χ3v) is 5.27. The first-order valence-corrected chi connectivity index (χ1v) is 10.7. The monoisotopic (exact) mass is 420 g/mol. The molecule has 3 N–H and O–H groups in total. The molecule has 1 aliphatic rings. The van der Waals surface area contributed by atoms with Crippen molar-refractivity contribution >= 4 is 12.1 Å². The van der Waals surface area contributed by atoms with E-state index in [1.165, 1.54) is 0 Å². The quantitative estimate of drug-likeness (QED) is 0.602. The highest BCUT2D eigenvalue weighted by Crippen LogP contribution is 2.40. The molecule has 168 valence electrons. The molecule has 1 heterocycles. The SMILES string of the molecule is CCCNC(=O)N1CCc2cc(OC)c(OC)cc2[C@H]1[C@H](CC)NC(=O)NC(C)C. The summed E-state index contributed by atoms with van der Waals surface area (Å²) in [5.74, 6) is 1.27. The van der Waals surface area contributed by atoms with Crippen molar-refractivity contribution in [3.8, 4) is 11.5 Å². The van der Waals surface area contributed by atoms with Crippen LogP contribution in [0.2, 0.25) is 0 Å². The minimum Gasteiger partial charge on any atom is -0.493 e. The lowest BCUT2D eigenvalue weighted by Crippen LogP contribution is -2.55. The van der Waals surface area contributed by atoms with Crippen molar-refractivity contribution in [2.75, 3.05) is 27.3 Å². The molecule has 0 bridgehead atoms. The second-order valence-corrected chi connectivity index (χ2v) is 7.81. The van der Waals surface area contributed by atoms with E-state index in [4.69, 9.17) is 9.47 Å². The Morgan fingerprint density at radius 3 is 2.37 bits per heavy atom. The molecule has 0 saturated heterocycles. The van der Waals surface area contributed by atoms with E-state index in [1.807, 2.05) is 44.7 Å². The summed E-state index contributed by atoms with van der Waals surface area (Å²) in [4.78, 5) is 27.3. The lowest BCUT2D eigenvalue weighted by molar-refractivity contribution is 0.147. The smallest absolute Gasteiger partial charge is 0.317 e. The molecule has 2 atom stereocenters. The summed E-state index contributed by atoms with van der Waals surface area (Å²) >= 11 is 0. The number of methoxy groups -OCH3 is 2. The first-order valence-electron chi connectivity index (χ1n) is 10.7. The third-order valence-electron chi connectivity index (χ3n) is 5.27. The van der Waals surface area contributed by atoms with Gasteiger partial charge in [-0.2, -0.15) is 0 Å². The summed E-state index contributed by atoms with van der Waals surface area (Å²) < 4.78 is 11.0. The Balaban J connectivity index is 2.46. The first-order chi connectivity index (χ1) is 14.4. The zero-order valence-electron chi connectivity index (χ0n) is 19.0. The van der Waals surface area contributed by atoms with E-state index in [2.05, 4.69) is 16.0 Å². The van der Waals surface area contributed by atoms with Crippen molar-refractivity contribution in [1.82, 2.24) is 20.9 Å². The van der Waals surface area contributed by atoms with Gasteiger partial charge in [-0.25, -0.2) is 9.59 Å². The number of nitrogens with zero attached hydrogens (tertiary/aromatic N) is 1. The van der Waals surface area contributed by atoms with Gasteiger partial charge >= 0.3 is 12.1 Å². The van der Waals surface area contributed by atoms with Gasteiger partial charge in [0.15, 0.2) is 11.5 Å². The number of hydrogen-bond donors (Lipinski definition) is 3. The fourth-order valence-corrected chi connectivity index (χ4v) is 3.85. The van der Waals surface area contributed by atoms with Gasteiger partial charge in [0, 0.05) is 19.1 Å². The minimum atomic E-state index is -0.312. The number of carbonyl (C=O) groups excluding carboxylic acids is 2. The number of amides is 4. The summed E-state index contributed by atoms with van der Waals surface area (Å²) in [6.45, 7) is 9.03. The van der Waals surface area contributed by atoms with Crippen molar-refractivity contribution in [1.29, 1.82) is 0 Å². The molecule has 2 rings (SSSR count). The normalized spacial score (nSPS) is 16.5. The van der Waals surface area contributed by atoms with Crippen LogP contribution in [0.3, 0.4) is 0 Å². The molecule has 0 aromatic heterocycles. The van der Waals surface area contributed by atoms with Crippen molar-refractivity contribution < 1.29 is 19.1 Å². The first kappa shape index (κ1) is 23.6. The number of ether oxygens (including phenoxy) is 2. The van der Waals surface area contributed by atoms with Crippen molar-refractivity contribution in [3.05, 3.63) is 23.3 Å². The Labute approximate surface area is 179 Å². The van der Waals surface area contributed by atoms with Crippen LogP contribution < -0.4 is 25.4 Å². The molecule has 8 nitrogen and oxygen atoms in total. The summed E-state index contributed by atoms with van der Waals surface area (Å²) in [6.07, 6.45) is 2.24. The number of benzene rings is 1. The molecule has 0 aliphatic carbocycles. The molecule has 0 radical (unpaired) electrons. The molecule has 30 heavy (non-hydrogen) atoms. The number of nitrogens with one attached hydrogen (secondary N) is 3. The number of carbonyl (C=O) groups is 2. The fraction of sp³-hybridized carbons (Fsp3) is 0.636. The highest BCUT2D eigenvalue weighted by molar-refractivity contribution is 5.77. The number of rotatable bonds is 8. The number of urea groups is 2. The van der Waals surface area contributed by atoms with Crippen LogP contribution in [0.15, 0.2) is 12.1 Å². The Bertz CT molecular complexity index is 738. The summed E-state index contributed by atoms with van der Waals surface area (Å²) in [7, 11) is 3.21. The van der Waals surface area contributed by atoms with Gasteiger partial charge < -0.3 is 30.3 Å². The van der Waals surface area contributed by atoms with E-state index in [9.17, 15) is 9.59 Å². The molecule has 0 unspecified atom stereocenters. The number of fused-ring (bicyclic) bond motifs is 1. The Kier molecular flexibility index (Phi) is 8.62. The molecule has 0 spiro atoms. The maximum atomic E-state index is 13.0. The highest BCUT2D eigenvalue weighted by atomic mass is 16.5. The molecule has 1 aliphatic heterocycles. The second-order valence-electron chi connectivity index (χ2n) is 7.81. The van der Waals surface area contributed by atoms with E-state index >= 15 is 0 Å². The van der Waals surface area contributed by atoms with Gasteiger partial charge in [-0.15, -0.1) is 0 Å². The van der Waals surface area contributed by atoms with Gasteiger partial charge in [0.2, 0.25) is 0 Å². The maximum Gasteiger partial charge on any atom is 0.317 e. The topological polar surface area (TPSA) is 91.9 Å². The van der Waals surface area contributed by atoms with E-state index in [1.54, 1.807) is 14.2 Å². The van der Waals surface area contributed by atoms with Gasteiger partial charge in [0.1, 0.15) is 0 Å². The summed E-state index contributed by atoms with van der Waals surface area (Å²) in [5.41, 5.74) is 2.07. The van der Waals surface area contributed by atoms with Gasteiger partial charge in [0.05, 0.1) is 26.3 Å².